The standard InChI is InChI=1S/C14H18BrF2N/c1-2-7-18-12(8-9-3-4-9)10-5-6-11(16)14(17)13(10)15/h5-6,9,12,18H,2-4,7-8H2,1H3. The molecule has 2 rings (SSSR count). The monoisotopic (exact) mass is 317 g/mol. The zero-order valence-corrected chi connectivity index (χ0v) is 12.1. The summed E-state index contributed by atoms with van der Waals surface area (Å²) in [6.07, 6.45) is 4.54. The summed E-state index contributed by atoms with van der Waals surface area (Å²) in [5, 5.41) is 3.43. The Morgan fingerprint density at radius 1 is 1.39 bits per heavy atom. The molecule has 1 saturated carbocycles. The van der Waals surface area contributed by atoms with Gasteiger partial charge >= 0.3 is 0 Å². The molecule has 1 unspecified atom stereocenters. The molecule has 0 amide bonds. The molecule has 0 aromatic heterocycles. The van der Waals surface area contributed by atoms with Gasteiger partial charge in [-0.3, -0.25) is 0 Å². The van der Waals surface area contributed by atoms with Crippen molar-refractivity contribution in [1.29, 1.82) is 0 Å². The first-order valence-corrected chi connectivity index (χ1v) is 7.29. The molecule has 1 nitrogen and oxygen atoms in total. The molecule has 0 heterocycles. The van der Waals surface area contributed by atoms with Crippen LogP contribution in [0.4, 0.5) is 8.78 Å². The van der Waals surface area contributed by atoms with Gasteiger partial charge in [-0.15, -0.1) is 0 Å². The normalized spacial score (nSPS) is 16.9. The van der Waals surface area contributed by atoms with Crippen LogP contribution < -0.4 is 5.32 Å². The van der Waals surface area contributed by atoms with Crippen LogP contribution in [0.3, 0.4) is 0 Å². The molecule has 0 aliphatic heterocycles. The van der Waals surface area contributed by atoms with Crippen molar-refractivity contribution in [2.75, 3.05) is 6.54 Å². The van der Waals surface area contributed by atoms with Crippen LogP contribution in [0.1, 0.15) is 44.2 Å². The summed E-state index contributed by atoms with van der Waals surface area (Å²) in [6.45, 7) is 2.99. The molecule has 1 atom stereocenters. The third-order valence-electron chi connectivity index (χ3n) is 3.35. The van der Waals surface area contributed by atoms with E-state index in [1.807, 2.05) is 0 Å². The Kier molecular flexibility index (Phi) is 4.73. The Labute approximate surface area is 115 Å². The predicted molar refractivity (Wildman–Crippen MR) is 72.4 cm³/mol. The highest BCUT2D eigenvalue weighted by atomic mass is 79.9. The number of rotatable bonds is 6. The van der Waals surface area contributed by atoms with Gasteiger partial charge < -0.3 is 5.32 Å². The Balaban J connectivity index is 2.19. The van der Waals surface area contributed by atoms with Gasteiger partial charge in [-0.25, -0.2) is 8.78 Å². The van der Waals surface area contributed by atoms with Crippen molar-refractivity contribution in [1.82, 2.24) is 5.32 Å². The van der Waals surface area contributed by atoms with Crippen LogP contribution >= 0.6 is 15.9 Å². The van der Waals surface area contributed by atoms with E-state index in [4.69, 9.17) is 0 Å². The quantitative estimate of drug-likeness (QED) is 0.758. The van der Waals surface area contributed by atoms with Gasteiger partial charge in [-0.1, -0.05) is 25.8 Å². The maximum absolute atomic E-state index is 13.6. The van der Waals surface area contributed by atoms with E-state index in [1.54, 1.807) is 6.07 Å². The third kappa shape index (κ3) is 3.29. The Hall–Kier alpha value is -0.480. The number of hydrogen-bond donors (Lipinski definition) is 1. The van der Waals surface area contributed by atoms with Gasteiger partial charge in [0.25, 0.3) is 0 Å². The lowest BCUT2D eigenvalue weighted by atomic mass is 10.0. The van der Waals surface area contributed by atoms with Crippen LogP contribution in [0, 0.1) is 17.6 Å². The van der Waals surface area contributed by atoms with E-state index in [1.165, 1.54) is 18.9 Å². The lowest BCUT2D eigenvalue weighted by Gasteiger charge is -2.20. The van der Waals surface area contributed by atoms with Crippen molar-refractivity contribution in [3.63, 3.8) is 0 Å². The second-order valence-corrected chi connectivity index (χ2v) is 5.74. The minimum atomic E-state index is -0.800. The van der Waals surface area contributed by atoms with Crippen LogP contribution in [0.25, 0.3) is 0 Å². The molecule has 1 N–H and O–H groups in total. The highest BCUT2D eigenvalue weighted by Crippen LogP contribution is 2.39. The first-order chi connectivity index (χ1) is 8.63. The van der Waals surface area contributed by atoms with Gasteiger partial charge in [0, 0.05) is 6.04 Å². The number of nitrogens with one attached hydrogen (secondary N) is 1. The zero-order valence-electron chi connectivity index (χ0n) is 10.5. The lowest BCUT2D eigenvalue weighted by Crippen LogP contribution is -2.23. The van der Waals surface area contributed by atoms with Crippen molar-refractivity contribution in [3.05, 3.63) is 33.8 Å². The molecule has 1 fully saturated rings. The van der Waals surface area contributed by atoms with E-state index in [2.05, 4.69) is 28.2 Å². The summed E-state index contributed by atoms with van der Waals surface area (Å²) in [5.41, 5.74) is 0.828. The molecule has 1 aliphatic rings. The van der Waals surface area contributed by atoms with Crippen molar-refractivity contribution < 1.29 is 8.78 Å². The summed E-state index contributed by atoms with van der Waals surface area (Å²) in [6, 6.07) is 3.00. The Morgan fingerprint density at radius 2 is 2.11 bits per heavy atom. The highest BCUT2D eigenvalue weighted by molar-refractivity contribution is 9.10. The van der Waals surface area contributed by atoms with Crippen molar-refractivity contribution in [2.45, 2.75) is 38.6 Å². The molecule has 1 aliphatic carbocycles. The molecule has 0 radical (unpaired) electrons. The molecule has 100 valence electrons. The average Bonchev–Trinajstić information content (AvgIpc) is 3.16. The van der Waals surface area contributed by atoms with Crippen molar-refractivity contribution >= 4 is 15.9 Å². The maximum Gasteiger partial charge on any atom is 0.173 e. The van der Waals surface area contributed by atoms with Gasteiger partial charge in [-0.05, 0) is 52.9 Å². The smallest absolute Gasteiger partial charge is 0.173 e. The van der Waals surface area contributed by atoms with Gasteiger partial charge in [0.05, 0.1) is 4.47 Å². The largest absolute Gasteiger partial charge is 0.310 e. The summed E-state index contributed by atoms with van der Waals surface area (Å²) in [5.74, 6) is -0.850. The number of halogens is 3. The summed E-state index contributed by atoms with van der Waals surface area (Å²) in [7, 11) is 0. The topological polar surface area (TPSA) is 12.0 Å². The lowest BCUT2D eigenvalue weighted by molar-refractivity contribution is 0.459. The van der Waals surface area contributed by atoms with E-state index in [0.717, 1.165) is 30.9 Å². The molecule has 18 heavy (non-hydrogen) atoms. The summed E-state index contributed by atoms with van der Waals surface area (Å²) in [4.78, 5) is 0. The minimum absolute atomic E-state index is 0.113. The fourth-order valence-corrected chi connectivity index (χ4v) is 2.73. The molecule has 0 saturated heterocycles. The minimum Gasteiger partial charge on any atom is -0.310 e. The molecular formula is C14H18BrF2N. The second-order valence-electron chi connectivity index (χ2n) is 4.95. The van der Waals surface area contributed by atoms with E-state index >= 15 is 0 Å². The summed E-state index contributed by atoms with van der Waals surface area (Å²) >= 11 is 3.18. The Morgan fingerprint density at radius 3 is 2.72 bits per heavy atom. The van der Waals surface area contributed by atoms with E-state index < -0.39 is 11.6 Å². The Bertz CT molecular complexity index is 419. The first kappa shape index (κ1) is 13.9. The van der Waals surface area contributed by atoms with Gasteiger partial charge in [0.1, 0.15) is 0 Å². The average molecular weight is 318 g/mol. The SMILES string of the molecule is CCCNC(CC1CC1)c1ccc(F)c(F)c1Br. The van der Waals surface area contributed by atoms with Crippen LogP contribution in [0.2, 0.25) is 0 Å². The maximum atomic E-state index is 13.6. The van der Waals surface area contributed by atoms with E-state index in [0.29, 0.717) is 0 Å². The molecule has 1 aromatic carbocycles. The van der Waals surface area contributed by atoms with Crippen LogP contribution in [0.15, 0.2) is 16.6 Å². The number of benzene rings is 1. The predicted octanol–water partition coefficient (Wildman–Crippen LogP) is 4.57. The highest BCUT2D eigenvalue weighted by Gasteiger charge is 2.27. The van der Waals surface area contributed by atoms with Crippen molar-refractivity contribution in [2.24, 2.45) is 5.92 Å². The molecule has 0 bridgehead atoms. The molecular weight excluding hydrogens is 300 g/mol. The van der Waals surface area contributed by atoms with Crippen molar-refractivity contribution in [3.8, 4) is 0 Å². The zero-order chi connectivity index (χ0) is 13.1. The van der Waals surface area contributed by atoms with Gasteiger partial charge in [-0.2, -0.15) is 0 Å². The van der Waals surface area contributed by atoms with Crippen LogP contribution in [-0.2, 0) is 0 Å². The second kappa shape index (κ2) is 6.11. The van der Waals surface area contributed by atoms with E-state index in [-0.39, 0.29) is 10.5 Å². The van der Waals surface area contributed by atoms with E-state index in [9.17, 15) is 8.78 Å². The summed E-state index contributed by atoms with van der Waals surface area (Å²) < 4.78 is 27.0. The fraction of sp³-hybridized carbons (Fsp3) is 0.571. The molecule has 0 spiro atoms. The molecule has 4 heteroatoms. The van der Waals surface area contributed by atoms with Crippen LogP contribution in [-0.4, -0.2) is 6.54 Å². The number of hydrogen-bond acceptors (Lipinski definition) is 1. The first-order valence-electron chi connectivity index (χ1n) is 6.50. The van der Waals surface area contributed by atoms with Gasteiger partial charge in [0.15, 0.2) is 11.6 Å². The van der Waals surface area contributed by atoms with Crippen LogP contribution in [0.5, 0.6) is 0 Å². The molecule has 1 aromatic rings. The fourth-order valence-electron chi connectivity index (χ4n) is 2.14. The van der Waals surface area contributed by atoms with Gasteiger partial charge in [0.2, 0.25) is 0 Å². The third-order valence-corrected chi connectivity index (χ3v) is 4.15.